The van der Waals surface area contributed by atoms with Crippen LogP contribution in [0.1, 0.15) is 31.7 Å². The highest BCUT2D eigenvalue weighted by Gasteiger charge is 2.08. The van der Waals surface area contributed by atoms with Crippen molar-refractivity contribution in [1.82, 2.24) is 5.32 Å². The summed E-state index contributed by atoms with van der Waals surface area (Å²) >= 11 is 0. The molecule has 0 aliphatic rings. The average Bonchev–Trinajstić information content (AvgIpc) is 2.46. The molecule has 0 radical (unpaired) electrons. The fraction of sp³-hybridized carbons (Fsp3) is 0.368. The monoisotopic (exact) mass is 269 g/mol. The van der Waals surface area contributed by atoms with Gasteiger partial charge in [-0.2, -0.15) is 0 Å². The van der Waals surface area contributed by atoms with Gasteiger partial charge in [-0.3, -0.25) is 0 Å². The summed E-state index contributed by atoms with van der Waals surface area (Å²) in [6.07, 6.45) is 6.02. The molecule has 0 aromatic heterocycles. The van der Waals surface area contributed by atoms with Gasteiger partial charge < -0.3 is 5.32 Å². The molecule has 1 rings (SSSR count). The van der Waals surface area contributed by atoms with E-state index in [1.807, 2.05) is 6.08 Å². The molecule has 0 aliphatic carbocycles. The maximum Gasteiger partial charge on any atom is 0.0178 e. The van der Waals surface area contributed by atoms with E-state index in [1.54, 1.807) is 0 Å². The number of hydrogen-bond acceptors (Lipinski definition) is 1. The van der Waals surface area contributed by atoms with Crippen LogP contribution in [0.25, 0.3) is 0 Å². The van der Waals surface area contributed by atoms with E-state index in [2.05, 4.69) is 62.3 Å². The molecule has 0 saturated heterocycles. The zero-order valence-electron chi connectivity index (χ0n) is 12.7. The number of rotatable bonds is 10. The van der Waals surface area contributed by atoms with E-state index in [9.17, 15) is 0 Å². The quantitative estimate of drug-likeness (QED) is 0.471. The normalized spacial score (nSPS) is 11.7. The van der Waals surface area contributed by atoms with Crippen molar-refractivity contribution in [2.24, 2.45) is 5.92 Å². The summed E-state index contributed by atoms with van der Waals surface area (Å²) in [7, 11) is 0. The Labute approximate surface area is 124 Å². The van der Waals surface area contributed by atoms with Crippen LogP contribution in [0.5, 0.6) is 0 Å². The second kappa shape index (κ2) is 9.19. The van der Waals surface area contributed by atoms with Crippen molar-refractivity contribution in [1.29, 1.82) is 0 Å². The van der Waals surface area contributed by atoms with Gasteiger partial charge in [0, 0.05) is 12.2 Å². The lowest BCUT2D eigenvalue weighted by molar-refractivity contribution is 0.593. The lowest BCUT2D eigenvalue weighted by atomic mass is 9.95. The van der Waals surface area contributed by atoms with Gasteiger partial charge in [0.05, 0.1) is 0 Å². The van der Waals surface area contributed by atoms with Gasteiger partial charge in [0.1, 0.15) is 0 Å². The molecular formula is C19H27N. The van der Waals surface area contributed by atoms with Crippen molar-refractivity contribution in [2.75, 3.05) is 6.54 Å². The Balaban J connectivity index is 2.27. The average molecular weight is 269 g/mol. The first-order chi connectivity index (χ1) is 9.63. The highest BCUT2D eigenvalue weighted by atomic mass is 14.9. The smallest absolute Gasteiger partial charge is 0.0178 e. The van der Waals surface area contributed by atoms with E-state index in [1.165, 1.54) is 11.1 Å². The molecule has 0 fully saturated rings. The topological polar surface area (TPSA) is 12.0 Å². The molecule has 1 aromatic carbocycles. The van der Waals surface area contributed by atoms with Gasteiger partial charge in [-0.15, -0.1) is 6.58 Å². The Morgan fingerprint density at radius 2 is 1.95 bits per heavy atom. The third-order valence-corrected chi connectivity index (χ3v) is 3.50. The van der Waals surface area contributed by atoms with E-state index in [0.29, 0.717) is 5.92 Å². The van der Waals surface area contributed by atoms with Crippen LogP contribution in [0.2, 0.25) is 0 Å². The van der Waals surface area contributed by atoms with Gasteiger partial charge in [-0.1, -0.05) is 62.1 Å². The molecule has 0 aliphatic heterocycles. The molecule has 1 unspecified atom stereocenters. The number of aryl methyl sites for hydroxylation is 1. The van der Waals surface area contributed by atoms with Gasteiger partial charge in [-0.25, -0.2) is 0 Å². The number of benzene rings is 1. The molecule has 0 bridgehead atoms. The lowest BCUT2D eigenvalue weighted by Crippen LogP contribution is -2.19. The Morgan fingerprint density at radius 3 is 2.60 bits per heavy atom. The van der Waals surface area contributed by atoms with Crippen molar-refractivity contribution in [2.45, 2.75) is 32.6 Å². The Morgan fingerprint density at radius 1 is 1.25 bits per heavy atom. The summed E-state index contributed by atoms with van der Waals surface area (Å²) in [5.41, 5.74) is 3.78. The van der Waals surface area contributed by atoms with E-state index in [4.69, 9.17) is 0 Å². The highest BCUT2D eigenvalue weighted by Crippen LogP contribution is 2.19. The summed E-state index contributed by atoms with van der Waals surface area (Å²) in [6.45, 7) is 15.2. The van der Waals surface area contributed by atoms with E-state index < -0.39 is 0 Å². The predicted molar refractivity (Wildman–Crippen MR) is 89.6 cm³/mol. The second-order valence-corrected chi connectivity index (χ2v) is 5.37. The van der Waals surface area contributed by atoms with Crippen LogP contribution in [-0.4, -0.2) is 6.54 Å². The van der Waals surface area contributed by atoms with E-state index >= 15 is 0 Å². The van der Waals surface area contributed by atoms with Crippen molar-refractivity contribution < 1.29 is 0 Å². The first-order valence-electron chi connectivity index (χ1n) is 7.37. The fourth-order valence-corrected chi connectivity index (χ4v) is 2.13. The highest BCUT2D eigenvalue weighted by molar-refractivity contribution is 5.16. The largest absolute Gasteiger partial charge is 0.388 e. The zero-order valence-corrected chi connectivity index (χ0v) is 12.7. The predicted octanol–water partition coefficient (Wildman–Crippen LogP) is 4.88. The van der Waals surface area contributed by atoms with Gasteiger partial charge in [0.25, 0.3) is 0 Å². The molecule has 0 spiro atoms. The van der Waals surface area contributed by atoms with Crippen LogP contribution in [0.4, 0.5) is 0 Å². The summed E-state index contributed by atoms with van der Waals surface area (Å²) < 4.78 is 0. The molecule has 0 heterocycles. The van der Waals surface area contributed by atoms with Crippen molar-refractivity contribution in [3.8, 4) is 0 Å². The fourth-order valence-electron chi connectivity index (χ4n) is 2.13. The summed E-state index contributed by atoms with van der Waals surface area (Å²) in [5, 5.41) is 3.36. The van der Waals surface area contributed by atoms with Crippen LogP contribution < -0.4 is 5.32 Å². The molecule has 1 aromatic rings. The van der Waals surface area contributed by atoms with Crippen LogP contribution in [0.3, 0.4) is 0 Å². The molecule has 20 heavy (non-hydrogen) atoms. The summed E-state index contributed by atoms with van der Waals surface area (Å²) in [4.78, 5) is 0. The first-order valence-corrected chi connectivity index (χ1v) is 7.37. The van der Waals surface area contributed by atoms with Gasteiger partial charge in [0.2, 0.25) is 0 Å². The molecule has 1 N–H and O–H groups in total. The summed E-state index contributed by atoms with van der Waals surface area (Å²) in [5.74, 6) is 0.433. The standard InChI is InChI=1S/C19H27N/c1-5-6-14-20-18(4)17(3)15-16(2)12-13-19-10-8-7-9-11-19/h5,7-11,17,20H,1-2,4,6,12-15H2,3H3. The van der Waals surface area contributed by atoms with Gasteiger partial charge >= 0.3 is 0 Å². The number of nitrogens with one attached hydrogen (secondary N) is 1. The third-order valence-electron chi connectivity index (χ3n) is 3.50. The molecule has 0 saturated carbocycles. The Kier molecular flexibility index (Phi) is 7.49. The summed E-state index contributed by atoms with van der Waals surface area (Å²) in [6, 6.07) is 10.6. The van der Waals surface area contributed by atoms with Gasteiger partial charge in [0.15, 0.2) is 0 Å². The number of hydrogen-bond donors (Lipinski definition) is 1. The molecule has 1 atom stereocenters. The SMILES string of the molecule is C=CCCNC(=C)C(C)CC(=C)CCc1ccccc1. The van der Waals surface area contributed by atoms with E-state index in [0.717, 1.165) is 37.9 Å². The maximum absolute atomic E-state index is 4.20. The molecular weight excluding hydrogens is 242 g/mol. The number of allylic oxidation sites excluding steroid dienone is 2. The van der Waals surface area contributed by atoms with Crippen molar-refractivity contribution in [3.05, 3.63) is 73.0 Å². The molecule has 108 valence electrons. The molecule has 1 nitrogen and oxygen atoms in total. The minimum atomic E-state index is 0.433. The van der Waals surface area contributed by atoms with Crippen LogP contribution >= 0.6 is 0 Å². The van der Waals surface area contributed by atoms with Crippen LogP contribution in [0, 0.1) is 5.92 Å². The first kappa shape index (κ1) is 16.3. The maximum atomic E-state index is 4.20. The molecule has 1 heteroatoms. The van der Waals surface area contributed by atoms with Gasteiger partial charge in [-0.05, 0) is 37.2 Å². The van der Waals surface area contributed by atoms with Crippen molar-refractivity contribution in [3.63, 3.8) is 0 Å². The lowest BCUT2D eigenvalue weighted by Gasteiger charge is -2.17. The minimum absolute atomic E-state index is 0.433. The second-order valence-electron chi connectivity index (χ2n) is 5.37. The van der Waals surface area contributed by atoms with Crippen molar-refractivity contribution >= 4 is 0 Å². The van der Waals surface area contributed by atoms with Crippen LogP contribution in [-0.2, 0) is 6.42 Å². The minimum Gasteiger partial charge on any atom is -0.388 e. The molecule has 0 amide bonds. The Hall–Kier alpha value is -1.76. The van der Waals surface area contributed by atoms with Crippen LogP contribution in [0.15, 0.2) is 67.4 Å². The Bertz CT molecular complexity index is 430. The zero-order chi connectivity index (χ0) is 14.8. The third kappa shape index (κ3) is 6.42. The van der Waals surface area contributed by atoms with E-state index in [-0.39, 0.29) is 0 Å².